The molecule has 0 atom stereocenters. The number of carbonyl (C=O) groups is 1. The number of amides is 1. The number of rotatable bonds is 5. The zero-order valence-corrected chi connectivity index (χ0v) is 11.5. The van der Waals surface area contributed by atoms with E-state index in [1.54, 1.807) is 0 Å². The van der Waals surface area contributed by atoms with Crippen molar-refractivity contribution in [1.82, 2.24) is 10.2 Å². The van der Waals surface area contributed by atoms with Crippen LogP contribution >= 0.6 is 11.3 Å². The van der Waals surface area contributed by atoms with Crippen LogP contribution in [0.3, 0.4) is 0 Å². The molecule has 6 heteroatoms. The van der Waals surface area contributed by atoms with Gasteiger partial charge in [0.15, 0.2) is 0 Å². The maximum atomic E-state index is 12.0. The van der Waals surface area contributed by atoms with E-state index in [9.17, 15) is 4.79 Å². The molecule has 0 spiro atoms. The Bertz CT molecular complexity index is 388. The molecule has 1 aliphatic rings. The normalized spacial score (nSPS) is 16.7. The molecule has 2 rings (SSSR count). The van der Waals surface area contributed by atoms with Crippen LogP contribution in [0, 0.1) is 5.92 Å². The number of nitrogens with one attached hydrogen (secondary N) is 1. The van der Waals surface area contributed by atoms with Crippen molar-refractivity contribution in [2.45, 2.75) is 45.6 Å². The maximum absolute atomic E-state index is 12.0. The number of hydrogen-bond donors (Lipinski definition) is 1. The SMILES string of the molecule is CCOCc1nnc(NC(=O)C2CCCCC2)s1. The van der Waals surface area contributed by atoms with E-state index in [0.717, 1.165) is 30.7 Å². The monoisotopic (exact) mass is 269 g/mol. The topological polar surface area (TPSA) is 64.1 Å². The fourth-order valence-electron chi connectivity index (χ4n) is 2.12. The van der Waals surface area contributed by atoms with Crippen molar-refractivity contribution >= 4 is 22.4 Å². The van der Waals surface area contributed by atoms with Crippen LogP contribution < -0.4 is 5.32 Å². The van der Waals surface area contributed by atoms with E-state index >= 15 is 0 Å². The molecule has 0 bridgehead atoms. The molecular formula is C12H19N3O2S. The summed E-state index contributed by atoms with van der Waals surface area (Å²) in [5, 5.41) is 12.2. The highest BCUT2D eigenvalue weighted by Gasteiger charge is 2.22. The van der Waals surface area contributed by atoms with E-state index in [-0.39, 0.29) is 11.8 Å². The van der Waals surface area contributed by atoms with Crippen LogP contribution in [0.25, 0.3) is 0 Å². The van der Waals surface area contributed by atoms with Gasteiger partial charge in [0, 0.05) is 12.5 Å². The molecule has 0 unspecified atom stereocenters. The van der Waals surface area contributed by atoms with Crippen LogP contribution in [0.4, 0.5) is 5.13 Å². The molecule has 1 aromatic rings. The fourth-order valence-corrected chi connectivity index (χ4v) is 2.80. The van der Waals surface area contributed by atoms with Gasteiger partial charge in [0.1, 0.15) is 11.6 Å². The highest BCUT2D eigenvalue weighted by Crippen LogP contribution is 2.25. The molecule has 1 saturated carbocycles. The van der Waals surface area contributed by atoms with Crippen molar-refractivity contribution in [3.05, 3.63) is 5.01 Å². The lowest BCUT2D eigenvalue weighted by Crippen LogP contribution is -2.24. The van der Waals surface area contributed by atoms with Gasteiger partial charge in [-0.15, -0.1) is 10.2 Å². The highest BCUT2D eigenvalue weighted by molar-refractivity contribution is 7.15. The Morgan fingerprint density at radius 3 is 2.89 bits per heavy atom. The molecule has 0 aromatic carbocycles. The van der Waals surface area contributed by atoms with Crippen LogP contribution in [0.15, 0.2) is 0 Å². The Labute approximate surface area is 111 Å². The molecule has 100 valence electrons. The van der Waals surface area contributed by atoms with Crippen LogP contribution in [0.5, 0.6) is 0 Å². The van der Waals surface area contributed by atoms with Gasteiger partial charge < -0.3 is 10.1 Å². The van der Waals surface area contributed by atoms with Crippen molar-refractivity contribution in [3.63, 3.8) is 0 Å². The summed E-state index contributed by atoms with van der Waals surface area (Å²) in [6.07, 6.45) is 5.56. The van der Waals surface area contributed by atoms with E-state index in [4.69, 9.17) is 4.74 Å². The number of ether oxygens (including phenoxy) is 1. The number of hydrogen-bond acceptors (Lipinski definition) is 5. The summed E-state index contributed by atoms with van der Waals surface area (Å²) in [5.41, 5.74) is 0. The van der Waals surface area contributed by atoms with Gasteiger partial charge in [-0.05, 0) is 19.8 Å². The van der Waals surface area contributed by atoms with Gasteiger partial charge in [0.05, 0.1) is 0 Å². The third-order valence-electron chi connectivity index (χ3n) is 3.10. The summed E-state index contributed by atoms with van der Waals surface area (Å²) < 4.78 is 5.25. The highest BCUT2D eigenvalue weighted by atomic mass is 32.1. The third-order valence-corrected chi connectivity index (χ3v) is 3.91. The van der Waals surface area contributed by atoms with Gasteiger partial charge in [0.25, 0.3) is 0 Å². The van der Waals surface area contributed by atoms with Gasteiger partial charge in [-0.3, -0.25) is 4.79 Å². The number of aromatic nitrogens is 2. The van der Waals surface area contributed by atoms with Crippen molar-refractivity contribution in [2.75, 3.05) is 11.9 Å². The van der Waals surface area contributed by atoms with Crippen LogP contribution in [0.2, 0.25) is 0 Å². The minimum absolute atomic E-state index is 0.0915. The summed E-state index contributed by atoms with van der Waals surface area (Å²) in [6, 6.07) is 0. The second kappa shape index (κ2) is 6.80. The van der Waals surface area contributed by atoms with E-state index in [1.165, 1.54) is 17.8 Å². The molecule has 1 fully saturated rings. The first-order valence-electron chi connectivity index (χ1n) is 6.50. The second-order valence-electron chi connectivity index (χ2n) is 4.46. The zero-order chi connectivity index (χ0) is 12.8. The van der Waals surface area contributed by atoms with E-state index in [2.05, 4.69) is 15.5 Å². The molecule has 0 radical (unpaired) electrons. The first-order valence-corrected chi connectivity index (χ1v) is 7.32. The Kier molecular flexibility index (Phi) is 5.07. The molecule has 1 amide bonds. The first-order chi connectivity index (χ1) is 8.79. The largest absolute Gasteiger partial charge is 0.374 e. The Hall–Kier alpha value is -1.01. The van der Waals surface area contributed by atoms with E-state index in [0.29, 0.717) is 18.3 Å². The number of carbonyl (C=O) groups excluding carboxylic acids is 1. The predicted octanol–water partition coefficient (Wildman–Crippen LogP) is 2.59. The predicted molar refractivity (Wildman–Crippen MR) is 70.4 cm³/mol. The lowest BCUT2D eigenvalue weighted by Gasteiger charge is -2.19. The quantitative estimate of drug-likeness (QED) is 0.892. The Balaban J connectivity index is 1.84. The van der Waals surface area contributed by atoms with Crippen molar-refractivity contribution in [2.24, 2.45) is 5.92 Å². The average Bonchev–Trinajstić information content (AvgIpc) is 2.85. The van der Waals surface area contributed by atoms with Crippen LogP contribution in [-0.4, -0.2) is 22.7 Å². The molecule has 0 saturated heterocycles. The summed E-state index contributed by atoms with van der Waals surface area (Å²) in [4.78, 5) is 12.0. The summed E-state index contributed by atoms with van der Waals surface area (Å²) in [7, 11) is 0. The average molecular weight is 269 g/mol. The fraction of sp³-hybridized carbons (Fsp3) is 0.750. The molecule has 1 heterocycles. The molecule has 1 N–H and O–H groups in total. The van der Waals surface area contributed by atoms with Crippen molar-refractivity contribution < 1.29 is 9.53 Å². The van der Waals surface area contributed by atoms with Crippen LogP contribution in [0.1, 0.15) is 44.0 Å². The molecular weight excluding hydrogens is 250 g/mol. The lowest BCUT2D eigenvalue weighted by atomic mass is 9.89. The summed E-state index contributed by atoms with van der Waals surface area (Å²) >= 11 is 1.39. The van der Waals surface area contributed by atoms with Gasteiger partial charge in [-0.2, -0.15) is 0 Å². The number of nitrogens with zero attached hydrogens (tertiary/aromatic N) is 2. The maximum Gasteiger partial charge on any atom is 0.229 e. The molecule has 1 aliphatic carbocycles. The van der Waals surface area contributed by atoms with Gasteiger partial charge in [-0.1, -0.05) is 30.6 Å². The summed E-state index contributed by atoms with van der Waals surface area (Å²) in [6.45, 7) is 3.06. The third kappa shape index (κ3) is 3.74. The zero-order valence-electron chi connectivity index (χ0n) is 10.6. The number of anilines is 1. The van der Waals surface area contributed by atoms with Gasteiger partial charge >= 0.3 is 0 Å². The Morgan fingerprint density at radius 2 is 2.17 bits per heavy atom. The van der Waals surface area contributed by atoms with E-state index in [1.807, 2.05) is 6.92 Å². The minimum Gasteiger partial charge on any atom is -0.374 e. The standard InChI is InChI=1S/C12H19N3O2S/c1-2-17-8-10-14-15-12(18-10)13-11(16)9-6-4-3-5-7-9/h9H,2-8H2,1H3,(H,13,15,16). The van der Waals surface area contributed by atoms with Gasteiger partial charge in [0.2, 0.25) is 11.0 Å². The Morgan fingerprint density at radius 1 is 1.39 bits per heavy atom. The van der Waals surface area contributed by atoms with Gasteiger partial charge in [-0.25, -0.2) is 0 Å². The van der Waals surface area contributed by atoms with Crippen molar-refractivity contribution in [1.29, 1.82) is 0 Å². The van der Waals surface area contributed by atoms with Crippen molar-refractivity contribution in [3.8, 4) is 0 Å². The lowest BCUT2D eigenvalue weighted by molar-refractivity contribution is -0.120. The molecule has 18 heavy (non-hydrogen) atoms. The van der Waals surface area contributed by atoms with Crippen LogP contribution in [-0.2, 0) is 16.1 Å². The minimum atomic E-state index is 0.0915. The first kappa shape index (κ1) is 13.4. The molecule has 0 aliphatic heterocycles. The van der Waals surface area contributed by atoms with E-state index < -0.39 is 0 Å². The molecule has 5 nitrogen and oxygen atoms in total. The second-order valence-corrected chi connectivity index (χ2v) is 5.52. The smallest absolute Gasteiger partial charge is 0.229 e. The molecule has 1 aromatic heterocycles. The summed E-state index contributed by atoms with van der Waals surface area (Å²) in [5.74, 6) is 0.242.